The maximum absolute atomic E-state index is 13.6. The largest absolute Gasteiger partial charge is 0.497 e. The first kappa shape index (κ1) is 22.5. The monoisotopic (exact) mass is 479 g/mol. The quantitative estimate of drug-likeness (QED) is 0.441. The molecule has 0 fully saturated rings. The fourth-order valence-electron chi connectivity index (χ4n) is 4.94. The number of halogens is 1. The lowest BCUT2D eigenvalue weighted by atomic mass is 9.98. The average molecular weight is 480 g/mol. The highest BCUT2D eigenvalue weighted by molar-refractivity contribution is 6.31. The van der Waals surface area contributed by atoms with Crippen molar-refractivity contribution in [3.63, 3.8) is 0 Å². The Bertz CT molecular complexity index is 1540. The number of fused-ring (bicyclic) bond motifs is 3. The topological polar surface area (TPSA) is 67.4 Å². The molecule has 4 aromatic rings. The van der Waals surface area contributed by atoms with Gasteiger partial charge >= 0.3 is 5.69 Å². The zero-order valence-corrected chi connectivity index (χ0v) is 20.5. The number of aromatic nitrogens is 3. The summed E-state index contributed by atoms with van der Waals surface area (Å²) in [6.45, 7) is 4.52. The Kier molecular flexibility index (Phi) is 5.22. The predicted molar refractivity (Wildman–Crippen MR) is 133 cm³/mol. The van der Waals surface area contributed by atoms with Crippen molar-refractivity contribution < 1.29 is 9.47 Å². The van der Waals surface area contributed by atoms with Crippen molar-refractivity contribution in [1.82, 2.24) is 13.7 Å². The zero-order valence-electron chi connectivity index (χ0n) is 19.8. The molecule has 2 aromatic heterocycles. The third kappa shape index (κ3) is 3.15. The van der Waals surface area contributed by atoms with Crippen molar-refractivity contribution in [1.29, 1.82) is 0 Å². The molecule has 0 bridgehead atoms. The molecule has 176 valence electrons. The van der Waals surface area contributed by atoms with Gasteiger partial charge in [-0.3, -0.25) is 13.9 Å². The normalized spacial score (nSPS) is 17.1. The molecule has 1 aliphatic rings. The summed E-state index contributed by atoms with van der Waals surface area (Å²) in [5.41, 5.74) is 2.43. The number of hydrogen-bond acceptors (Lipinski definition) is 4. The predicted octanol–water partition coefficient (Wildman–Crippen LogP) is 4.22. The van der Waals surface area contributed by atoms with Gasteiger partial charge in [-0.05, 0) is 49.7 Å². The van der Waals surface area contributed by atoms with Crippen LogP contribution in [0.5, 0.6) is 5.75 Å². The van der Waals surface area contributed by atoms with Gasteiger partial charge in [0.05, 0.1) is 41.5 Å². The van der Waals surface area contributed by atoms with E-state index in [-0.39, 0.29) is 5.56 Å². The Morgan fingerprint density at radius 3 is 2.35 bits per heavy atom. The van der Waals surface area contributed by atoms with Crippen LogP contribution in [0.1, 0.15) is 31.2 Å². The van der Waals surface area contributed by atoms with Crippen molar-refractivity contribution in [2.75, 3.05) is 13.7 Å². The second-order valence-electron chi connectivity index (χ2n) is 9.25. The molecular weight excluding hydrogens is 454 g/mol. The van der Waals surface area contributed by atoms with Gasteiger partial charge in [0.15, 0.2) is 0 Å². The first-order valence-corrected chi connectivity index (χ1v) is 11.4. The smallest absolute Gasteiger partial charge is 0.331 e. The fraction of sp³-hybridized carbons (Fsp3) is 0.308. The van der Waals surface area contributed by atoms with E-state index >= 15 is 0 Å². The number of nitrogens with zero attached hydrogens (tertiary/aromatic N) is 3. The molecule has 5 rings (SSSR count). The van der Waals surface area contributed by atoms with Crippen molar-refractivity contribution in [3.05, 3.63) is 85.6 Å². The first-order valence-electron chi connectivity index (χ1n) is 11.0. The molecule has 0 radical (unpaired) electrons. The maximum Gasteiger partial charge on any atom is 0.331 e. The zero-order chi connectivity index (χ0) is 24.4. The Balaban J connectivity index is 2.00. The van der Waals surface area contributed by atoms with Crippen LogP contribution in [-0.2, 0) is 24.4 Å². The van der Waals surface area contributed by atoms with Crippen molar-refractivity contribution in [3.8, 4) is 17.0 Å². The van der Waals surface area contributed by atoms with Crippen LogP contribution in [0.2, 0.25) is 5.02 Å². The van der Waals surface area contributed by atoms with Crippen LogP contribution < -0.4 is 16.0 Å². The Hall–Kier alpha value is -3.29. The van der Waals surface area contributed by atoms with Crippen molar-refractivity contribution in [2.45, 2.75) is 25.5 Å². The second kappa shape index (κ2) is 7.89. The van der Waals surface area contributed by atoms with Crippen LogP contribution in [0.25, 0.3) is 22.2 Å². The average Bonchev–Trinajstić information content (AvgIpc) is 3.20. The SMILES string of the molecule is COc1ccc(-c2c3c(=O)n(C)c(=O)n(C)c3c3n2C(C)(C)CO[C@@H]3c2ccccc2Cl)cc1. The highest BCUT2D eigenvalue weighted by Crippen LogP contribution is 2.46. The van der Waals surface area contributed by atoms with Gasteiger partial charge in [0.2, 0.25) is 0 Å². The van der Waals surface area contributed by atoms with Crippen LogP contribution in [0, 0.1) is 0 Å². The van der Waals surface area contributed by atoms with E-state index in [1.807, 2.05) is 48.5 Å². The van der Waals surface area contributed by atoms with Gasteiger partial charge < -0.3 is 14.0 Å². The summed E-state index contributed by atoms with van der Waals surface area (Å²) < 4.78 is 16.6. The third-order valence-electron chi connectivity index (χ3n) is 6.62. The molecule has 0 N–H and O–H groups in total. The summed E-state index contributed by atoms with van der Waals surface area (Å²) in [6.07, 6.45) is -0.547. The van der Waals surface area contributed by atoms with Crippen LogP contribution in [-0.4, -0.2) is 27.4 Å². The highest BCUT2D eigenvalue weighted by Gasteiger charge is 2.41. The summed E-state index contributed by atoms with van der Waals surface area (Å²) in [4.78, 5) is 26.6. The minimum Gasteiger partial charge on any atom is -0.497 e. The van der Waals surface area contributed by atoms with Gasteiger partial charge in [-0.25, -0.2) is 4.79 Å². The van der Waals surface area contributed by atoms with Crippen molar-refractivity contribution >= 4 is 22.5 Å². The van der Waals surface area contributed by atoms with Crippen LogP contribution in [0.4, 0.5) is 0 Å². The molecule has 0 spiro atoms. The van der Waals surface area contributed by atoms with E-state index in [4.69, 9.17) is 21.1 Å². The van der Waals surface area contributed by atoms with Gasteiger partial charge in [-0.1, -0.05) is 29.8 Å². The van der Waals surface area contributed by atoms with Gasteiger partial charge in [-0.15, -0.1) is 0 Å². The van der Waals surface area contributed by atoms with E-state index in [1.165, 1.54) is 11.6 Å². The third-order valence-corrected chi connectivity index (χ3v) is 6.96. The molecule has 0 saturated carbocycles. The van der Waals surface area contributed by atoms with Gasteiger partial charge in [0, 0.05) is 24.7 Å². The summed E-state index contributed by atoms with van der Waals surface area (Å²) >= 11 is 6.59. The molecular formula is C26H26ClN3O4. The summed E-state index contributed by atoms with van der Waals surface area (Å²) in [7, 11) is 4.81. The minimum absolute atomic E-state index is 0.348. The lowest BCUT2D eigenvalue weighted by molar-refractivity contribution is -0.00702. The number of benzene rings is 2. The molecule has 7 nitrogen and oxygen atoms in total. The van der Waals surface area contributed by atoms with E-state index < -0.39 is 17.3 Å². The molecule has 2 aromatic carbocycles. The maximum atomic E-state index is 13.6. The van der Waals surface area contributed by atoms with Crippen LogP contribution in [0.15, 0.2) is 58.1 Å². The number of aryl methyl sites for hydroxylation is 1. The van der Waals surface area contributed by atoms with E-state index in [9.17, 15) is 9.59 Å². The molecule has 0 aliphatic carbocycles. The van der Waals surface area contributed by atoms with Gasteiger partial charge in [0.25, 0.3) is 5.56 Å². The van der Waals surface area contributed by atoms with Crippen LogP contribution >= 0.6 is 11.6 Å². The highest BCUT2D eigenvalue weighted by atomic mass is 35.5. The van der Waals surface area contributed by atoms with E-state index in [2.05, 4.69) is 18.4 Å². The Labute approximate surface area is 201 Å². The molecule has 0 amide bonds. The molecule has 0 saturated heterocycles. The molecule has 34 heavy (non-hydrogen) atoms. The summed E-state index contributed by atoms with van der Waals surface area (Å²) in [5.74, 6) is 0.718. The van der Waals surface area contributed by atoms with Crippen LogP contribution in [0.3, 0.4) is 0 Å². The lowest BCUT2D eigenvalue weighted by Gasteiger charge is -2.39. The summed E-state index contributed by atoms with van der Waals surface area (Å²) in [6, 6.07) is 15.1. The fourth-order valence-corrected chi connectivity index (χ4v) is 5.18. The molecule has 3 heterocycles. The number of methoxy groups -OCH3 is 1. The molecule has 1 aliphatic heterocycles. The minimum atomic E-state index is -0.547. The first-order chi connectivity index (χ1) is 16.2. The van der Waals surface area contributed by atoms with Gasteiger partial charge in [0.1, 0.15) is 11.9 Å². The summed E-state index contributed by atoms with van der Waals surface area (Å²) in [5, 5.41) is 1.04. The van der Waals surface area contributed by atoms with Crippen molar-refractivity contribution in [2.24, 2.45) is 14.1 Å². The lowest BCUT2D eigenvalue weighted by Crippen LogP contribution is -2.40. The molecule has 0 unspecified atom stereocenters. The van der Waals surface area contributed by atoms with E-state index in [0.717, 1.165) is 32.8 Å². The van der Waals surface area contributed by atoms with E-state index in [0.29, 0.717) is 22.5 Å². The second-order valence-corrected chi connectivity index (χ2v) is 9.66. The number of rotatable bonds is 3. The number of hydrogen-bond donors (Lipinski definition) is 0. The number of ether oxygens (including phenoxy) is 2. The molecule has 8 heteroatoms. The Morgan fingerprint density at radius 2 is 1.71 bits per heavy atom. The van der Waals surface area contributed by atoms with E-state index in [1.54, 1.807) is 14.2 Å². The Morgan fingerprint density at radius 1 is 1.03 bits per heavy atom. The molecule has 1 atom stereocenters. The standard InChI is InChI=1S/C26H26ClN3O4/c1-26(2)14-34-23(17-8-6-7-9-18(17)27)22-21-19(24(31)29(4)25(32)28(21)3)20(30(22)26)15-10-12-16(33-5)13-11-15/h6-13,23H,14H2,1-5H3/t23-/m1/s1. The van der Waals surface area contributed by atoms with Gasteiger partial charge in [-0.2, -0.15) is 0 Å².